The van der Waals surface area contributed by atoms with Gasteiger partial charge in [-0.1, -0.05) is 6.07 Å². The lowest BCUT2D eigenvalue weighted by Gasteiger charge is -2.19. The minimum Gasteiger partial charge on any atom is -0.323 e. The number of rotatable bonds is 3. The topological polar surface area (TPSA) is 84.2 Å². The molecule has 7 nitrogen and oxygen atoms in total. The van der Waals surface area contributed by atoms with Crippen LogP contribution in [0.3, 0.4) is 0 Å². The predicted molar refractivity (Wildman–Crippen MR) is 102 cm³/mol. The molecular formula is C18H20ClFN6O. The van der Waals surface area contributed by atoms with Crippen molar-refractivity contribution in [2.24, 2.45) is 0 Å². The van der Waals surface area contributed by atoms with Crippen molar-refractivity contribution in [3.8, 4) is 0 Å². The van der Waals surface area contributed by atoms with Gasteiger partial charge in [0.25, 0.3) is 5.78 Å². The summed E-state index contributed by atoms with van der Waals surface area (Å²) in [5.74, 6) is 0.0977. The standard InChI is InChI=1S/C18H19FN6O.ClH/c1-10-7-11(2)25-18(21-10)23-15(24-25)8-16(26)22-14-4-3-12-9-20-6-5-13(12)17(14)19;/h3-4,7,20H,5-6,8-9H2,1-2H3,(H,22,26);1H. The van der Waals surface area contributed by atoms with Crippen LogP contribution in [0, 0.1) is 19.7 Å². The molecule has 3 aromatic rings. The lowest BCUT2D eigenvalue weighted by molar-refractivity contribution is -0.115. The zero-order valence-electron chi connectivity index (χ0n) is 15.0. The summed E-state index contributed by atoms with van der Waals surface area (Å²) in [5, 5.41) is 10.1. The highest BCUT2D eigenvalue weighted by atomic mass is 35.5. The van der Waals surface area contributed by atoms with Gasteiger partial charge < -0.3 is 10.6 Å². The number of fused-ring (bicyclic) bond motifs is 2. The maximum Gasteiger partial charge on any atom is 0.252 e. The van der Waals surface area contributed by atoms with Crippen LogP contribution < -0.4 is 10.6 Å². The molecule has 9 heteroatoms. The second-order valence-electron chi connectivity index (χ2n) is 6.50. The van der Waals surface area contributed by atoms with Crippen LogP contribution in [0.25, 0.3) is 5.78 Å². The summed E-state index contributed by atoms with van der Waals surface area (Å²) in [6, 6.07) is 5.34. The van der Waals surface area contributed by atoms with Crippen molar-refractivity contribution in [3.63, 3.8) is 0 Å². The lowest BCUT2D eigenvalue weighted by atomic mass is 9.99. The fourth-order valence-corrected chi connectivity index (χ4v) is 3.25. The molecule has 0 radical (unpaired) electrons. The van der Waals surface area contributed by atoms with E-state index in [1.165, 1.54) is 0 Å². The number of hydrogen-bond donors (Lipinski definition) is 2. The molecule has 0 spiro atoms. The average Bonchev–Trinajstić information content (AvgIpc) is 3.00. The first-order valence-electron chi connectivity index (χ1n) is 8.52. The smallest absolute Gasteiger partial charge is 0.252 e. The molecule has 1 aromatic carbocycles. The third-order valence-corrected chi connectivity index (χ3v) is 4.46. The van der Waals surface area contributed by atoms with Gasteiger partial charge in [0.15, 0.2) is 5.82 Å². The molecule has 2 N–H and O–H groups in total. The van der Waals surface area contributed by atoms with E-state index in [-0.39, 0.29) is 36.2 Å². The largest absolute Gasteiger partial charge is 0.323 e. The van der Waals surface area contributed by atoms with Gasteiger partial charge in [0.05, 0.1) is 12.1 Å². The van der Waals surface area contributed by atoms with Crippen LogP contribution in [-0.4, -0.2) is 32.0 Å². The number of nitrogens with zero attached hydrogens (tertiary/aromatic N) is 4. The molecule has 2 aromatic heterocycles. The van der Waals surface area contributed by atoms with Crippen LogP contribution in [0.2, 0.25) is 0 Å². The number of hydrogen-bond acceptors (Lipinski definition) is 5. The summed E-state index contributed by atoms with van der Waals surface area (Å²) < 4.78 is 16.2. The van der Waals surface area contributed by atoms with E-state index in [0.717, 1.165) is 23.5 Å². The summed E-state index contributed by atoms with van der Waals surface area (Å²) in [6.45, 7) is 5.16. The Morgan fingerprint density at radius 1 is 1.33 bits per heavy atom. The Kier molecular flexibility index (Phi) is 5.38. The van der Waals surface area contributed by atoms with Gasteiger partial charge in [0.1, 0.15) is 5.82 Å². The van der Waals surface area contributed by atoms with Crippen molar-refractivity contribution in [3.05, 3.63) is 52.4 Å². The minimum absolute atomic E-state index is 0. The second kappa shape index (κ2) is 7.58. The predicted octanol–water partition coefficient (Wildman–Crippen LogP) is 2.13. The van der Waals surface area contributed by atoms with Gasteiger partial charge >= 0.3 is 0 Å². The van der Waals surface area contributed by atoms with Crippen molar-refractivity contribution < 1.29 is 9.18 Å². The van der Waals surface area contributed by atoms with Crippen molar-refractivity contribution in [2.45, 2.75) is 33.2 Å². The first-order chi connectivity index (χ1) is 12.5. The molecule has 1 amide bonds. The Labute approximate surface area is 161 Å². The molecule has 0 aliphatic carbocycles. The molecule has 0 atom stereocenters. The van der Waals surface area contributed by atoms with Crippen molar-refractivity contribution >= 4 is 29.8 Å². The molecule has 0 bridgehead atoms. The number of aryl methyl sites for hydroxylation is 2. The zero-order valence-corrected chi connectivity index (χ0v) is 15.9. The zero-order chi connectivity index (χ0) is 18.3. The average molecular weight is 391 g/mol. The number of carbonyl (C=O) groups excluding carboxylic acids is 1. The van der Waals surface area contributed by atoms with Crippen LogP contribution in [0.15, 0.2) is 18.2 Å². The van der Waals surface area contributed by atoms with E-state index in [1.807, 2.05) is 26.0 Å². The fraction of sp³-hybridized carbons (Fsp3) is 0.333. The Balaban J connectivity index is 0.00000210. The van der Waals surface area contributed by atoms with E-state index in [9.17, 15) is 9.18 Å². The van der Waals surface area contributed by atoms with Crippen LogP contribution in [-0.2, 0) is 24.2 Å². The summed E-state index contributed by atoms with van der Waals surface area (Å²) in [4.78, 5) is 20.9. The molecule has 27 heavy (non-hydrogen) atoms. The van der Waals surface area contributed by atoms with Crippen LogP contribution in [0.4, 0.5) is 10.1 Å². The summed E-state index contributed by atoms with van der Waals surface area (Å²) in [7, 11) is 0. The normalized spacial score (nSPS) is 13.1. The summed E-state index contributed by atoms with van der Waals surface area (Å²) in [5.41, 5.74) is 3.53. The van der Waals surface area contributed by atoms with E-state index < -0.39 is 0 Å². The maximum atomic E-state index is 14.6. The van der Waals surface area contributed by atoms with Gasteiger partial charge in [0.2, 0.25) is 5.91 Å². The molecule has 1 aliphatic rings. The number of halogens is 2. The van der Waals surface area contributed by atoms with E-state index >= 15 is 0 Å². The van der Waals surface area contributed by atoms with Crippen LogP contribution in [0.5, 0.6) is 0 Å². The van der Waals surface area contributed by atoms with Gasteiger partial charge in [-0.2, -0.15) is 4.98 Å². The molecular weight excluding hydrogens is 371 g/mol. The molecule has 0 unspecified atom stereocenters. The second-order valence-corrected chi connectivity index (χ2v) is 6.50. The monoisotopic (exact) mass is 390 g/mol. The fourth-order valence-electron chi connectivity index (χ4n) is 3.25. The van der Waals surface area contributed by atoms with Crippen molar-refractivity contribution in [2.75, 3.05) is 11.9 Å². The van der Waals surface area contributed by atoms with Gasteiger partial charge in [-0.15, -0.1) is 17.5 Å². The summed E-state index contributed by atoms with van der Waals surface area (Å²) >= 11 is 0. The first-order valence-corrected chi connectivity index (χ1v) is 8.52. The molecule has 0 fully saturated rings. The number of carbonyl (C=O) groups is 1. The lowest BCUT2D eigenvalue weighted by Crippen LogP contribution is -2.25. The molecule has 142 valence electrons. The van der Waals surface area contributed by atoms with Gasteiger partial charge in [-0.25, -0.2) is 13.9 Å². The quantitative estimate of drug-likeness (QED) is 0.715. The molecule has 1 aliphatic heterocycles. The van der Waals surface area contributed by atoms with E-state index in [4.69, 9.17) is 0 Å². The minimum atomic E-state index is -0.358. The Morgan fingerprint density at radius 3 is 2.96 bits per heavy atom. The molecule has 0 saturated carbocycles. The third kappa shape index (κ3) is 3.77. The number of amides is 1. The van der Waals surface area contributed by atoms with Gasteiger partial charge in [-0.05, 0) is 50.1 Å². The number of aromatic nitrogens is 4. The number of benzene rings is 1. The van der Waals surface area contributed by atoms with Crippen molar-refractivity contribution in [1.82, 2.24) is 24.9 Å². The Bertz CT molecular complexity index is 1020. The van der Waals surface area contributed by atoms with Crippen molar-refractivity contribution in [1.29, 1.82) is 0 Å². The Morgan fingerprint density at radius 2 is 2.15 bits per heavy atom. The maximum absolute atomic E-state index is 14.6. The van der Waals surface area contributed by atoms with E-state index in [0.29, 0.717) is 30.1 Å². The summed E-state index contributed by atoms with van der Waals surface area (Å²) in [6.07, 6.45) is 0.573. The first kappa shape index (κ1) is 19.2. The molecule has 0 saturated heterocycles. The number of anilines is 1. The Hall–Kier alpha value is -2.58. The van der Waals surface area contributed by atoms with Crippen LogP contribution >= 0.6 is 12.4 Å². The SMILES string of the molecule is Cc1cc(C)n2nc(CC(=O)Nc3ccc4c(c3F)CCNC4)nc2n1.Cl. The highest BCUT2D eigenvalue weighted by Gasteiger charge is 2.18. The van der Waals surface area contributed by atoms with E-state index in [1.54, 1.807) is 10.6 Å². The third-order valence-electron chi connectivity index (χ3n) is 4.46. The molecule has 3 heterocycles. The van der Waals surface area contributed by atoms with Gasteiger partial charge in [-0.3, -0.25) is 4.79 Å². The van der Waals surface area contributed by atoms with Crippen LogP contribution in [0.1, 0.15) is 28.3 Å². The van der Waals surface area contributed by atoms with E-state index in [2.05, 4.69) is 25.7 Å². The highest BCUT2D eigenvalue weighted by Crippen LogP contribution is 2.24. The number of nitrogens with one attached hydrogen (secondary N) is 2. The highest BCUT2D eigenvalue weighted by molar-refractivity contribution is 5.92. The van der Waals surface area contributed by atoms with Gasteiger partial charge in [0, 0.05) is 17.9 Å². The molecule has 4 rings (SSSR count).